The van der Waals surface area contributed by atoms with Gasteiger partial charge in [-0.05, 0) is 12.8 Å². The number of carboxylic acids is 1. The average molecular weight is 200 g/mol. The summed E-state index contributed by atoms with van der Waals surface area (Å²) in [6.07, 6.45) is 0.580. The molecule has 1 fully saturated rings. The molecule has 0 aliphatic carbocycles. The summed E-state index contributed by atoms with van der Waals surface area (Å²) < 4.78 is 4.44. The topological polar surface area (TPSA) is 80.7 Å². The molecule has 2 atom stereocenters. The second-order valence-electron chi connectivity index (χ2n) is 3.29. The van der Waals surface area contributed by atoms with Gasteiger partial charge in [-0.2, -0.15) is 0 Å². The highest BCUT2D eigenvalue weighted by Crippen LogP contribution is 2.29. The summed E-state index contributed by atoms with van der Waals surface area (Å²) >= 11 is 0. The van der Waals surface area contributed by atoms with Crippen LogP contribution < -0.4 is 0 Å². The molecule has 5 nitrogen and oxygen atoms in total. The highest BCUT2D eigenvalue weighted by atomic mass is 16.6. The molecule has 2 unspecified atom stereocenters. The van der Waals surface area contributed by atoms with E-state index in [0.717, 1.165) is 0 Å². The molecule has 14 heavy (non-hydrogen) atoms. The fourth-order valence-corrected chi connectivity index (χ4v) is 1.63. The number of hydrogen-bond acceptors (Lipinski definition) is 4. The normalized spacial score (nSPS) is 26.4. The van der Waals surface area contributed by atoms with Gasteiger partial charge in [-0.3, -0.25) is 14.4 Å². The van der Waals surface area contributed by atoms with E-state index in [-0.39, 0.29) is 12.8 Å². The molecule has 0 bridgehead atoms. The maximum atomic E-state index is 11.1. The maximum absolute atomic E-state index is 11.1. The molecule has 78 valence electrons. The molecule has 1 aliphatic rings. The lowest BCUT2D eigenvalue weighted by Gasteiger charge is -2.09. The smallest absolute Gasteiger partial charge is 0.317 e. The Morgan fingerprint density at radius 1 is 1.36 bits per heavy atom. The summed E-state index contributed by atoms with van der Waals surface area (Å²) in [5.41, 5.74) is 0. The van der Waals surface area contributed by atoms with Crippen LogP contribution in [0.5, 0.6) is 0 Å². The third kappa shape index (κ3) is 2.10. The highest BCUT2D eigenvalue weighted by Gasteiger charge is 2.42. The second-order valence-corrected chi connectivity index (χ2v) is 3.29. The van der Waals surface area contributed by atoms with E-state index in [9.17, 15) is 14.4 Å². The summed E-state index contributed by atoms with van der Waals surface area (Å²) in [5, 5.41) is 8.45. The van der Waals surface area contributed by atoms with Crippen LogP contribution >= 0.6 is 0 Å². The highest BCUT2D eigenvalue weighted by molar-refractivity contribution is 5.96. The van der Waals surface area contributed by atoms with Crippen molar-refractivity contribution in [3.63, 3.8) is 0 Å². The van der Waals surface area contributed by atoms with Crippen LogP contribution in [-0.4, -0.2) is 23.0 Å². The van der Waals surface area contributed by atoms with Crippen molar-refractivity contribution < 1.29 is 24.2 Å². The number of rotatable bonds is 4. The van der Waals surface area contributed by atoms with Crippen LogP contribution in [0.2, 0.25) is 0 Å². The van der Waals surface area contributed by atoms with Crippen LogP contribution in [0.4, 0.5) is 0 Å². The minimum absolute atomic E-state index is 0.108. The number of cyclic esters (lactones) is 2. The van der Waals surface area contributed by atoms with Gasteiger partial charge in [-0.15, -0.1) is 0 Å². The average Bonchev–Trinajstić information content (AvgIpc) is 2.36. The molecule has 0 aromatic rings. The van der Waals surface area contributed by atoms with Gasteiger partial charge in [0.1, 0.15) is 0 Å². The molecule has 5 heteroatoms. The number of carboxylic acid groups (broad SMARTS) is 1. The molecular formula is C9H12O5. The Hall–Kier alpha value is -1.39. The van der Waals surface area contributed by atoms with E-state index in [0.29, 0.717) is 6.42 Å². The lowest BCUT2D eigenvalue weighted by atomic mass is 9.89. The number of carbonyl (C=O) groups excluding carboxylic acids is 2. The molecule has 0 amide bonds. The van der Waals surface area contributed by atoms with E-state index in [1.807, 2.05) is 0 Å². The first-order valence-electron chi connectivity index (χ1n) is 4.53. The molecule has 1 aliphatic heterocycles. The molecule has 0 spiro atoms. The van der Waals surface area contributed by atoms with Crippen molar-refractivity contribution in [3.8, 4) is 0 Å². The maximum Gasteiger partial charge on any atom is 0.317 e. The van der Waals surface area contributed by atoms with Gasteiger partial charge in [-0.1, -0.05) is 6.92 Å². The van der Waals surface area contributed by atoms with Gasteiger partial charge in [0.05, 0.1) is 11.8 Å². The largest absolute Gasteiger partial charge is 0.481 e. The molecular weight excluding hydrogens is 188 g/mol. The molecule has 1 rings (SSSR count). The van der Waals surface area contributed by atoms with E-state index in [1.165, 1.54) is 0 Å². The summed E-state index contributed by atoms with van der Waals surface area (Å²) in [6, 6.07) is 0. The first kappa shape index (κ1) is 10.7. The van der Waals surface area contributed by atoms with Crippen molar-refractivity contribution in [3.05, 3.63) is 0 Å². The minimum Gasteiger partial charge on any atom is -0.481 e. The van der Waals surface area contributed by atoms with Gasteiger partial charge in [0.15, 0.2) is 0 Å². The molecule has 1 saturated heterocycles. The van der Waals surface area contributed by atoms with Crippen LogP contribution in [0.1, 0.15) is 26.2 Å². The molecule has 0 saturated carbocycles. The Kier molecular flexibility index (Phi) is 3.22. The standard InChI is InChI=1S/C9H12O5/c1-2-5-6(3-4-7(10)11)9(13)14-8(5)12/h5-6H,2-4H2,1H3,(H,10,11). The SMILES string of the molecule is CCC1C(=O)OC(=O)C1CCC(=O)O. The first-order valence-corrected chi connectivity index (χ1v) is 4.53. The molecule has 1 heterocycles. The Morgan fingerprint density at radius 3 is 2.43 bits per heavy atom. The van der Waals surface area contributed by atoms with Crippen molar-refractivity contribution in [2.24, 2.45) is 11.8 Å². The monoisotopic (exact) mass is 200 g/mol. The van der Waals surface area contributed by atoms with E-state index in [4.69, 9.17) is 5.11 Å². The summed E-state index contributed by atoms with van der Waals surface area (Å²) in [5.74, 6) is -3.09. The Morgan fingerprint density at radius 2 is 1.93 bits per heavy atom. The van der Waals surface area contributed by atoms with Crippen LogP contribution in [0.25, 0.3) is 0 Å². The van der Waals surface area contributed by atoms with E-state index in [2.05, 4.69) is 4.74 Å². The molecule has 0 radical (unpaired) electrons. The van der Waals surface area contributed by atoms with Crippen molar-refractivity contribution in [1.82, 2.24) is 0 Å². The van der Waals surface area contributed by atoms with Gasteiger partial charge < -0.3 is 9.84 Å². The van der Waals surface area contributed by atoms with Gasteiger partial charge in [0.2, 0.25) is 0 Å². The van der Waals surface area contributed by atoms with Crippen LogP contribution in [-0.2, 0) is 19.1 Å². The Balaban J connectivity index is 2.60. The first-order chi connectivity index (χ1) is 6.56. The zero-order chi connectivity index (χ0) is 10.7. The van der Waals surface area contributed by atoms with Gasteiger partial charge in [0, 0.05) is 6.42 Å². The quantitative estimate of drug-likeness (QED) is 0.530. The lowest BCUT2D eigenvalue weighted by molar-refractivity contribution is -0.153. The van der Waals surface area contributed by atoms with E-state index in [1.54, 1.807) is 6.92 Å². The minimum atomic E-state index is -0.966. The van der Waals surface area contributed by atoms with Gasteiger partial charge in [0.25, 0.3) is 0 Å². The number of esters is 2. The second kappa shape index (κ2) is 4.21. The molecule has 0 aromatic carbocycles. The van der Waals surface area contributed by atoms with Gasteiger partial charge >= 0.3 is 17.9 Å². The predicted octanol–water partition coefficient (Wildman–Crippen LogP) is 0.577. The fraction of sp³-hybridized carbons (Fsp3) is 0.667. The van der Waals surface area contributed by atoms with E-state index < -0.39 is 29.7 Å². The number of carbonyl (C=O) groups is 3. The van der Waals surface area contributed by atoms with Crippen molar-refractivity contribution in [2.75, 3.05) is 0 Å². The van der Waals surface area contributed by atoms with Crippen LogP contribution in [0, 0.1) is 11.8 Å². The van der Waals surface area contributed by atoms with Gasteiger partial charge in [-0.25, -0.2) is 0 Å². The fourth-order valence-electron chi connectivity index (χ4n) is 1.63. The zero-order valence-corrected chi connectivity index (χ0v) is 7.86. The van der Waals surface area contributed by atoms with E-state index >= 15 is 0 Å². The Bertz CT molecular complexity index is 270. The number of hydrogen-bond donors (Lipinski definition) is 1. The van der Waals surface area contributed by atoms with Crippen LogP contribution in [0.3, 0.4) is 0 Å². The van der Waals surface area contributed by atoms with Crippen LogP contribution in [0.15, 0.2) is 0 Å². The van der Waals surface area contributed by atoms with Crippen molar-refractivity contribution in [1.29, 1.82) is 0 Å². The third-order valence-corrected chi connectivity index (χ3v) is 2.40. The lowest BCUT2D eigenvalue weighted by Crippen LogP contribution is -2.18. The Labute approximate surface area is 81.0 Å². The van der Waals surface area contributed by atoms with Crippen molar-refractivity contribution in [2.45, 2.75) is 26.2 Å². The summed E-state index contributed by atoms with van der Waals surface area (Å²) in [6.45, 7) is 1.78. The predicted molar refractivity (Wildman–Crippen MR) is 45.2 cm³/mol. The third-order valence-electron chi connectivity index (χ3n) is 2.40. The van der Waals surface area contributed by atoms with Crippen molar-refractivity contribution >= 4 is 17.9 Å². The number of aliphatic carboxylic acids is 1. The molecule has 0 aromatic heterocycles. The number of ether oxygens (including phenoxy) is 1. The zero-order valence-electron chi connectivity index (χ0n) is 7.86. The summed E-state index contributed by atoms with van der Waals surface area (Å²) in [7, 11) is 0. The summed E-state index contributed by atoms with van der Waals surface area (Å²) in [4.78, 5) is 32.5. The molecule has 1 N–H and O–H groups in total.